The van der Waals surface area contributed by atoms with Crippen molar-refractivity contribution in [2.45, 2.75) is 37.8 Å². The van der Waals surface area contributed by atoms with Crippen molar-refractivity contribution < 1.29 is 9.53 Å². The number of piperidine rings is 3. The number of aromatic amines is 1. The van der Waals surface area contributed by atoms with E-state index in [1.54, 1.807) is 7.11 Å². The number of likely N-dealkylation sites (tertiary alicyclic amines) is 1. The minimum atomic E-state index is -0.334. The molecule has 7 nitrogen and oxygen atoms in total. The Labute approximate surface area is 176 Å². The quantitative estimate of drug-likeness (QED) is 0.844. The van der Waals surface area contributed by atoms with Crippen LogP contribution in [0.4, 0.5) is 0 Å². The highest BCUT2D eigenvalue weighted by Crippen LogP contribution is 2.44. The number of aromatic nitrogens is 2. The summed E-state index contributed by atoms with van der Waals surface area (Å²) < 4.78 is 5.32. The van der Waals surface area contributed by atoms with E-state index < -0.39 is 0 Å². The van der Waals surface area contributed by atoms with E-state index in [0.717, 1.165) is 25.4 Å². The van der Waals surface area contributed by atoms with Gasteiger partial charge in [0.1, 0.15) is 11.4 Å². The van der Waals surface area contributed by atoms with Crippen LogP contribution in [-0.2, 0) is 0 Å². The fraction of sp³-hybridized carbons (Fsp3) is 0.522. The molecule has 2 aromatic rings. The number of fused-ring (bicyclic) bond motifs is 4. The van der Waals surface area contributed by atoms with E-state index >= 15 is 0 Å². The molecule has 3 aliphatic heterocycles. The molecule has 0 saturated carbocycles. The Morgan fingerprint density at radius 2 is 1.97 bits per heavy atom. The van der Waals surface area contributed by atoms with Crippen molar-refractivity contribution in [3.8, 4) is 5.75 Å². The van der Waals surface area contributed by atoms with E-state index in [2.05, 4.69) is 39.1 Å². The number of methoxy groups -OCH3 is 1. The SMILES string of the molecule is COc1ccc([C@H]2CCC[C@H]3[C@@H]4C[C@@H](CN(C(=O)c5cncc(=O)[nH]5)C4)CN23)cc1. The van der Waals surface area contributed by atoms with Gasteiger partial charge in [-0.3, -0.25) is 19.5 Å². The fourth-order valence-electron chi connectivity index (χ4n) is 5.81. The molecule has 158 valence electrons. The van der Waals surface area contributed by atoms with Crippen molar-refractivity contribution in [1.82, 2.24) is 19.8 Å². The molecule has 1 aromatic carbocycles. The number of hydrogen-bond acceptors (Lipinski definition) is 5. The molecule has 1 N–H and O–H groups in total. The number of amides is 1. The van der Waals surface area contributed by atoms with Crippen LogP contribution in [0, 0.1) is 11.8 Å². The Morgan fingerprint density at radius 3 is 2.73 bits per heavy atom. The molecule has 0 aliphatic carbocycles. The van der Waals surface area contributed by atoms with Gasteiger partial charge in [-0.1, -0.05) is 12.1 Å². The molecular formula is C23H28N4O3. The van der Waals surface area contributed by atoms with Gasteiger partial charge in [0.2, 0.25) is 0 Å². The summed E-state index contributed by atoms with van der Waals surface area (Å²) in [6.07, 6.45) is 7.42. The lowest BCUT2D eigenvalue weighted by molar-refractivity contribution is -0.0512. The van der Waals surface area contributed by atoms with Gasteiger partial charge < -0.3 is 14.6 Å². The zero-order chi connectivity index (χ0) is 20.7. The van der Waals surface area contributed by atoms with Gasteiger partial charge in [0.15, 0.2) is 0 Å². The number of benzene rings is 1. The van der Waals surface area contributed by atoms with Crippen LogP contribution in [0.15, 0.2) is 41.5 Å². The summed E-state index contributed by atoms with van der Waals surface area (Å²) in [5.41, 5.74) is 1.32. The van der Waals surface area contributed by atoms with E-state index in [0.29, 0.717) is 29.6 Å². The molecule has 3 fully saturated rings. The molecule has 1 amide bonds. The van der Waals surface area contributed by atoms with Gasteiger partial charge in [-0.15, -0.1) is 0 Å². The largest absolute Gasteiger partial charge is 0.497 e. The van der Waals surface area contributed by atoms with E-state index in [4.69, 9.17) is 4.74 Å². The maximum Gasteiger partial charge on any atom is 0.271 e. The van der Waals surface area contributed by atoms with Crippen molar-refractivity contribution in [2.24, 2.45) is 11.8 Å². The highest BCUT2D eigenvalue weighted by atomic mass is 16.5. The van der Waals surface area contributed by atoms with Crippen molar-refractivity contribution >= 4 is 5.91 Å². The summed E-state index contributed by atoms with van der Waals surface area (Å²) in [6, 6.07) is 9.45. The lowest BCUT2D eigenvalue weighted by atomic mass is 9.74. The zero-order valence-corrected chi connectivity index (χ0v) is 17.3. The van der Waals surface area contributed by atoms with Gasteiger partial charge in [0.25, 0.3) is 11.5 Å². The molecule has 0 unspecified atom stereocenters. The van der Waals surface area contributed by atoms with Gasteiger partial charge >= 0.3 is 0 Å². The number of H-pyrrole nitrogens is 1. The maximum absolute atomic E-state index is 13.0. The molecule has 3 saturated heterocycles. The number of nitrogens with zero attached hydrogens (tertiary/aromatic N) is 3. The summed E-state index contributed by atoms with van der Waals surface area (Å²) in [5.74, 6) is 1.73. The smallest absolute Gasteiger partial charge is 0.271 e. The molecule has 2 bridgehead atoms. The Hall–Kier alpha value is -2.67. The summed E-state index contributed by atoms with van der Waals surface area (Å²) in [5, 5.41) is 0. The van der Waals surface area contributed by atoms with E-state index in [-0.39, 0.29) is 11.5 Å². The third kappa shape index (κ3) is 3.51. The minimum Gasteiger partial charge on any atom is -0.497 e. The van der Waals surface area contributed by atoms with Crippen molar-refractivity contribution in [2.75, 3.05) is 26.7 Å². The molecule has 4 heterocycles. The first kappa shape index (κ1) is 19.3. The van der Waals surface area contributed by atoms with Crippen molar-refractivity contribution in [1.29, 1.82) is 0 Å². The summed E-state index contributed by atoms with van der Waals surface area (Å²) in [6.45, 7) is 2.51. The van der Waals surface area contributed by atoms with E-state index in [1.165, 1.54) is 43.6 Å². The topological polar surface area (TPSA) is 78.5 Å². The molecule has 30 heavy (non-hydrogen) atoms. The Bertz CT molecular complexity index is 973. The van der Waals surface area contributed by atoms with Gasteiger partial charge in [-0.2, -0.15) is 0 Å². The number of nitrogens with one attached hydrogen (secondary N) is 1. The first-order chi connectivity index (χ1) is 14.6. The molecule has 3 aliphatic rings. The predicted octanol–water partition coefficient (Wildman–Crippen LogP) is 2.47. The normalized spacial score (nSPS) is 28.6. The minimum absolute atomic E-state index is 0.106. The molecular weight excluding hydrogens is 380 g/mol. The van der Waals surface area contributed by atoms with Crippen LogP contribution >= 0.6 is 0 Å². The maximum atomic E-state index is 13.0. The van der Waals surface area contributed by atoms with Crippen LogP contribution in [0.25, 0.3) is 0 Å². The number of carbonyl (C=O) groups is 1. The van der Waals surface area contributed by atoms with Crippen molar-refractivity contribution in [3.05, 3.63) is 58.3 Å². The van der Waals surface area contributed by atoms with E-state index in [1.807, 2.05) is 4.90 Å². The van der Waals surface area contributed by atoms with Crippen LogP contribution in [0.1, 0.15) is 47.8 Å². The van der Waals surface area contributed by atoms with E-state index in [9.17, 15) is 9.59 Å². The summed E-state index contributed by atoms with van der Waals surface area (Å²) >= 11 is 0. The second kappa shape index (κ2) is 7.87. The third-order valence-corrected chi connectivity index (χ3v) is 7.06. The Balaban J connectivity index is 1.35. The van der Waals surface area contributed by atoms with Crippen LogP contribution < -0.4 is 10.3 Å². The first-order valence-electron chi connectivity index (χ1n) is 10.9. The van der Waals surface area contributed by atoms with Crippen LogP contribution in [0.2, 0.25) is 0 Å². The Morgan fingerprint density at radius 1 is 1.13 bits per heavy atom. The van der Waals surface area contributed by atoms with Crippen molar-refractivity contribution in [3.63, 3.8) is 0 Å². The first-order valence-corrected chi connectivity index (χ1v) is 10.9. The number of carbonyl (C=O) groups excluding carboxylic acids is 1. The predicted molar refractivity (Wildman–Crippen MR) is 112 cm³/mol. The lowest BCUT2D eigenvalue weighted by Crippen LogP contribution is -2.60. The zero-order valence-electron chi connectivity index (χ0n) is 17.3. The van der Waals surface area contributed by atoms with Gasteiger partial charge in [-0.25, -0.2) is 0 Å². The number of hydrogen-bond donors (Lipinski definition) is 1. The molecule has 7 heteroatoms. The van der Waals surface area contributed by atoms with Gasteiger partial charge in [0, 0.05) is 31.7 Å². The van der Waals surface area contributed by atoms with Crippen LogP contribution in [0.3, 0.4) is 0 Å². The summed E-state index contributed by atoms with van der Waals surface area (Å²) in [7, 11) is 1.70. The van der Waals surface area contributed by atoms with Gasteiger partial charge in [-0.05, 0) is 55.2 Å². The molecule has 4 atom stereocenters. The second-order valence-electron chi connectivity index (χ2n) is 8.87. The monoisotopic (exact) mass is 408 g/mol. The highest BCUT2D eigenvalue weighted by molar-refractivity contribution is 5.92. The lowest BCUT2D eigenvalue weighted by Gasteiger charge is -2.55. The van der Waals surface area contributed by atoms with Gasteiger partial charge in [0.05, 0.1) is 19.5 Å². The third-order valence-electron chi connectivity index (χ3n) is 7.06. The average molecular weight is 409 g/mol. The van der Waals surface area contributed by atoms with Crippen LogP contribution in [0.5, 0.6) is 5.75 Å². The standard InChI is InChI=1S/C23H28N4O3/c1-30-18-7-5-16(6-8-18)20-3-2-4-21-17-9-15(13-27(20)21)12-26(14-17)23(29)19-10-24-11-22(28)25-19/h5-8,10-11,15,17,20-21H,2-4,9,12-14H2,1H3,(H,25,28)/t15-,17+,20+,21-/m0/s1. The molecule has 1 aromatic heterocycles. The average Bonchev–Trinajstić information content (AvgIpc) is 2.78. The summed E-state index contributed by atoms with van der Waals surface area (Å²) in [4.78, 5) is 35.7. The highest BCUT2D eigenvalue weighted by Gasteiger charge is 2.45. The fourth-order valence-corrected chi connectivity index (χ4v) is 5.81. The molecule has 0 spiro atoms. The van der Waals surface area contributed by atoms with Crippen LogP contribution in [-0.4, -0.2) is 58.5 Å². The molecule has 5 rings (SSSR count). The Kier molecular flexibility index (Phi) is 5.06. The molecule has 0 radical (unpaired) electrons. The number of rotatable bonds is 3. The second-order valence-corrected chi connectivity index (χ2v) is 8.87. The number of ether oxygens (including phenoxy) is 1.